The quantitative estimate of drug-likeness (QED) is 0.628. The maximum atomic E-state index is 12.4. The van der Waals surface area contributed by atoms with Crippen LogP contribution in [-0.2, 0) is 4.79 Å². The lowest BCUT2D eigenvalue weighted by Gasteiger charge is -2.18. The van der Waals surface area contributed by atoms with Crippen LogP contribution in [0.2, 0.25) is 0 Å². The summed E-state index contributed by atoms with van der Waals surface area (Å²) in [6.45, 7) is -0.435. The van der Waals surface area contributed by atoms with E-state index in [0.29, 0.717) is 0 Å². The van der Waals surface area contributed by atoms with E-state index in [1.54, 1.807) is 12.1 Å². The fourth-order valence-corrected chi connectivity index (χ4v) is 2.02. The molecule has 0 saturated carbocycles. The maximum absolute atomic E-state index is 12.4. The first-order valence-corrected chi connectivity index (χ1v) is 5.83. The van der Waals surface area contributed by atoms with Crippen LogP contribution in [0.15, 0.2) is 24.3 Å². The van der Waals surface area contributed by atoms with E-state index in [-0.39, 0.29) is 17.4 Å². The molecule has 0 saturated heterocycles. The zero-order valence-electron chi connectivity index (χ0n) is 10.2. The van der Waals surface area contributed by atoms with Crippen molar-refractivity contribution in [2.75, 3.05) is 6.54 Å². The molecule has 20 heavy (non-hydrogen) atoms. The second kappa shape index (κ2) is 5.07. The molecule has 0 unspecified atom stereocenters. The predicted octanol–water partition coefficient (Wildman–Crippen LogP) is 2.05. The van der Waals surface area contributed by atoms with Crippen molar-refractivity contribution in [3.05, 3.63) is 35.4 Å². The summed E-state index contributed by atoms with van der Waals surface area (Å²) < 4.78 is 37.3. The molecular formula is C13H10F3NO3. The van der Waals surface area contributed by atoms with E-state index < -0.39 is 36.9 Å². The highest BCUT2D eigenvalue weighted by atomic mass is 19.4. The van der Waals surface area contributed by atoms with Gasteiger partial charge in [-0.2, -0.15) is 13.2 Å². The van der Waals surface area contributed by atoms with Crippen molar-refractivity contribution in [3.8, 4) is 0 Å². The number of alkyl halides is 3. The number of nitrogens with zero attached hydrogens (tertiary/aromatic N) is 1. The molecule has 1 atom stereocenters. The smallest absolute Gasteiger partial charge is 0.303 e. The lowest BCUT2D eigenvalue weighted by atomic mass is 10.1. The Labute approximate surface area is 112 Å². The zero-order valence-corrected chi connectivity index (χ0v) is 10.2. The molecule has 106 valence electrons. The number of fused-ring (bicyclic) bond motifs is 1. The minimum Gasteiger partial charge on any atom is -0.303 e. The van der Waals surface area contributed by atoms with Gasteiger partial charge < -0.3 is 4.79 Å². The molecule has 1 aromatic rings. The predicted molar refractivity (Wildman–Crippen MR) is 62.0 cm³/mol. The van der Waals surface area contributed by atoms with E-state index in [4.69, 9.17) is 0 Å². The summed E-state index contributed by atoms with van der Waals surface area (Å²) in [5, 5.41) is 0. The Morgan fingerprint density at radius 2 is 1.60 bits per heavy atom. The number of carbonyl (C=O) groups is 3. The molecule has 1 aliphatic heterocycles. The Bertz CT molecular complexity index is 533. The first kappa shape index (κ1) is 14.2. The SMILES string of the molecule is O=C[C@@H](CCN1C(=O)c2ccccc2C1=O)C(F)(F)F. The van der Waals surface area contributed by atoms with E-state index in [1.165, 1.54) is 12.1 Å². The van der Waals surface area contributed by atoms with Gasteiger partial charge in [0.2, 0.25) is 0 Å². The Hall–Kier alpha value is -2.18. The molecule has 1 aromatic carbocycles. The van der Waals surface area contributed by atoms with E-state index >= 15 is 0 Å². The average molecular weight is 285 g/mol. The van der Waals surface area contributed by atoms with Gasteiger partial charge in [0.25, 0.3) is 11.8 Å². The van der Waals surface area contributed by atoms with Gasteiger partial charge in [0.15, 0.2) is 0 Å². The van der Waals surface area contributed by atoms with Crippen molar-refractivity contribution < 1.29 is 27.6 Å². The number of amides is 2. The van der Waals surface area contributed by atoms with Crippen molar-refractivity contribution in [2.24, 2.45) is 5.92 Å². The third-order valence-corrected chi connectivity index (χ3v) is 3.13. The summed E-state index contributed by atoms with van der Waals surface area (Å²) in [5.74, 6) is -3.43. The summed E-state index contributed by atoms with van der Waals surface area (Å²) in [6, 6.07) is 6.02. The summed E-state index contributed by atoms with van der Waals surface area (Å²) in [5.41, 5.74) is 0.347. The highest BCUT2D eigenvalue weighted by molar-refractivity contribution is 6.21. The second-order valence-corrected chi connectivity index (χ2v) is 4.38. The van der Waals surface area contributed by atoms with Crippen molar-refractivity contribution in [3.63, 3.8) is 0 Å². The van der Waals surface area contributed by atoms with Crippen LogP contribution < -0.4 is 0 Å². The van der Waals surface area contributed by atoms with Crippen LogP contribution in [0.25, 0.3) is 0 Å². The lowest BCUT2D eigenvalue weighted by molar-refractivity contribution is -0.175. The topological polar surface area (TPSA) is 54.5 Å². The van der Waals surface area contributed by atoms with Gasteiger partial charge in [-0.05, 0) is 18.6 Å². The van der Waals surface area contributed by atoms with Gasteiger partial charge in [0.1, 0.15) is 12.2 Å². The van der Waals surface area contributed by atoms with Gasteiger partial charge >= 0.3 is 6.18 Å². The normalized spacial score (nSPS) is 16.2. The minimum atomic E-state index is -4.67. The van der Waals surface area contributed by atoms with Gasteiger partial charge in [-0.25, -0.2) is 0 Å². The van der Waals surface area contributed by atoms with Crippen LogP contribution >= 0.6 is 0 Å². The van der Waals surface area contributed by atoms with Crippen molar-refractivity contribution in [1.82, 2.24) is 4.90 Å². The Kier molecular flexibility index (Phi) is 3.61. The number of carbonyl (C=O) groups excluding carboxylic acids is 3. The zero-order chi connectivity index (χ0) is 14.9. The number of hydrogen-bond donors (Lipinski definition) is 0. The Morgan fingerprint density at radius 3 is 2.00 bits per heavy atom. The van der Waals surface area contributed by atoms with Crippen LogP contribution in [0.5, 0.6) is 0 Å². The molecule has 4 nitrogen and oxygen atoms in total. The molecule has 2 rings (SSSR count). The average Bonchev–Trinajstić information content (AvgIpc) is 2.63. The molecule has 0 bridgehead atoms. The largest absolute Gasteiger partial charge is 0.398 e. The van der Waals surface area contributed by atoms with Crippen molar-refractivity contribution >= 4 is 18.1 Å². The van der Waals surface area contributed by atoms with Gasteiger partial charge in [-0.15, -0.1) is 0 Å². The van der Waals surface area contributed by atoms with E-state index in [1.807, 2.05) is 0 Å². The number of hydrogen-bond acceptors (Lipinski definition) is 3. The fraction of sp³-hybridized carbons (Fsp3) is 0.308. The monoisotopic (exact) mass is 285 g/mol. The summed E-state index contributed by atoms with van der Waals surface area (Å²) in [7, 11) is 0. The number of imide groups is 1. The second-order valence-electron chi connectivity index (χ2n) is 4.38. The molecule has 0 radical (unpaired) electrons. The first-order valence-electron chi connectivity index (χ1n) is 5.83. The molecule has 0 aromatic heterocycles. The molecule has 2 amide bonds. The van der Waals surface area contributed by atoms with E-state index in [9.17, 15) is 27.6 Å². The van der Waals surface area contributed by atoms with Crippen LogP contribution in [0.3, 0.4) is 0 Å². The first-order chi connectivity index (χ1) is 9.36. The summed E-state index contributed by atoms with van der Waals surface area (Å²) in [4.78, 5) is 35.0. The highest BCUT2D eigenvalue weighted by Crippen LogP contribution is 2.29. The van der Waals surface area contributed by atoms with Gasteiger partial charge in [-0.3, -0.25) is 14.5 Å². The van der Waals surface area contributed by atoms with Crippen LogP contribution in [-0.4, -0.2) is 35.7 Å². The Morgan fingerprint density at radius 1 is 1.10 bits per heavy atom. The molecular weight excluding hydrogens is 275 g/mol. The third kappa shape index (κ3) is 2.43. The van der Waals surface area contributed by atoms with Gasteiger partial charge in [0.05, 0.1) is 11.1 Å². The summed E-state index contributed by atoms with van der Waals surface area (Å²) in [6.07, 6.45) is -5.50. The van der Waals surface area contributed by atoms with E-state index in [0.717, 1.165) is 4.90 Å². The van der Waals surface area contributed by atoms with Crippen molar-refractivity contribution in [2.45, 2.75) is 12.6 Å². The third-order valence-electron chi connectivity index (χ3n) is 3.13. The number of aldehydes is 1. The highest BCUT2D eigenvalue weighted by Gasteiger charge is 2.41. The van der Waals surface area contributed by atoms with E-state index in [2.05, 4.69) is 0 Å². The van der Waals surface area contributed by atoms with Gasteiger partial charge in [-0.1, -0.05) is 12.1 Å². The number of halogens is 3. The van der Waals surface area contributed by atoms with Crippen LogP contribution in [0, 0.1) is 5.92 Å². The van der Waals surface area contributed by atoms with Crippen molar-refractivity contribution in [1.29, 1.82) is 0 Å². The molecule has 1 heterocycles. The van der Waals surface area contributed by atoms with Gasteiger partial charge in [0, 0.05) is 6.54 Å². The molecule has 0 N–H and O–H groups in total. The Balaban J connectivity index is 2.11. The molecule has 0 fully saturated rings. The van der Waals surface area contributed by atoms with Crippen LogP contribution in [0.4, 0.5) is 13.2 Å². The fourth-order valence-electron chi connectivity index (χ4n) is 2.02. The van der Waals surface area contributed by atoms with Crippen LogP contribution in [0.1, 0.15) is 27.1 Å². The molecule has 1 aliphatic rings. The molecule has 7 heteroatoms. The summed E-state index contributed by atoms with van der Waals surface area (Å²) >= 11 is 0. The maximum Gasteiger partial charge on any atom is 0.398 e. The number of benzene rings is 1. The number of rotatable bonds is 4. The molecule has 0 aliphatic carbocycles. The standard InChI is InChI=1S/C13H10F3NO3/c14-13(15,16)8(7-18)5-6-17-11(19)9-3-1-2-4-10(9)12(17)20/h1-4,7-8H,5-6H2/t8-/m1/s1. The minimum absolute atomic E-state index is 0.173. The molecule has 0 spiro atoms. The lowest BCUT2D eigenvalue weighted by Crippen LogP contribution is -2.34.